The molecule has 0 radical (unpaired) electrons. The molecule has 0 aliphatic rings. The van der Waals surface area contributed by atoms with Crippen LogP contribution >= 0.6 is 0 Å². The third-order valence-electron chi connectivity index (χ3n) is 3.84. The smallest absolute Gasteiger partial charge is 0.166 e. The number of phenols is 1. The number of ketones is 1. The van der Waals surface area contributed by atoms with Gasteiger partial charge >= 0.3 is 0 Å². The second-order valence-corrected chi connectivity index (χ2v) is 7.95. The van der Waals surface area contributed by atoms with Crippen molar-refractivity contribution in [1.29, 1.82) is 0 Å². The molecule has 118 valence electrons. The highest BCUT2D eigenvalue weighted by atomic mass is 16.3. The average molecular weight is 290 g/mol. The fourth-order valence-electron chi connectivity index (χ4n) is 2.32. The third kappa shape index (κ3) is 4.33. The summed E-state index contributed by atoms with van der Waals surface area (Å²) in [6.07, 6.45) is 2.35. The molecule has 1 aromatic rings. The molecule has 1 N–H and O–H groups in total. The van der Waals surface area contributed by atoms with E-state index < -0.39 is 0 Å². The number of aromatic hydroxyl groups is 1. The van der Waals surface area contributed by atoms with Gasteiger partial charge in [-0.25, -0.2) is 0 Å². The number of carbonyl (C=O) groups is 1. The molecule has 0 amide bonds. The molecule has 2 heteroatoms. The first-order valence-electron chi connectivity index (χ1n) is 7.89. The number of carbonyl (C=O) groups excluding carboxylic acids is 1. The minimum absolute atomic E-state index is 0.0472. The molecule has 0 saturated carbocycles. The minimum Gasteiger partial charge on any atom is -0.507 e. The van der Waals surface area contributed by atoms with E-state index in [4.69, 9.17) is 0 Å². The summed E-state index contributed by atoms with van der Waals surface area (Å²) in [6.45, 7) is 14.7. The summed E-state index contributed by atoms with van der Waals surface area (Å²) < 4.78 is 0. The number of hydrogen-bond donors (Lipinski definition) is 1. The number of phenolic OH excluding ortho intramolecular Hbond substituents is 1. The normalized spacial score (nSPS) is 12.5. The maximum atomic E-state index is 12.4. The first-order chi connectivity index (χ1) is 9.48. The van der Waals surface area contributed by atoms with Gasteiger partial charge in [0, 0.05) is 12.0 Å². The molecule has 0 aliphatic heterocycles. The molecule has 0 heterocycles. The van der Waals surface area contributed by atoms with E-state index in [0.29, 0.717) is 12.0 Å². The number of benzene rings is 1. The predicted octanol–water partition coefficient (Wildman–Crippen LogP) is 5.36. The maximum Gasteiger partial charge on any atom is 0.166 e. The van der Waals surface area contributed by atoms with Crippen molar-refractivity contribution in [2.24, 2.45) is 0 Å². The molecule has 0 bridgehead atoms. The van der Waals surface area contributed by atoms with Gasteiger partial charge in [0.2, 0.25) is 0 Å². The van der Waals surface area contributed by atoms with Crippen LogP contribution in [0.5, 0.6) is 5.75 Å². The van der Waals surface area contributed by atoms with Gasteiger partial charge in [-0.15, -0.1) is 0 Å². The van der Waals surface area contributed by atoms with E-state index in [2.05, 4.69) is 48.5 Å². The first-order valence-corrected chi connectivity index (χ1v) is 7.89. The van der Waals surface area contributed by atoms with Crippen molar-refractivity contribution >= 4 is 5.78 Å². The minimum atomic E-state index is -0.189. The van der Waals surface area contributed by atoms with Crippen molar-refractivity contribution in [1.82, 2.24) is 0 Å². The molecule has 0 aliphatic carbocycles. The topological polar surface area (TPSA) is 37.3 Å². The van der Waals surface area contributed by atoms with Crippen LogP contribution in [-0.4, -0.2) is 10.9 Å². The van der Waals surface area contributed by atoms with Gasteiger partial charge in [-0.2, -0.15) is 0 Å². The molecule has 0 spiro atoms. The largest absolute Gasteiger partial charge is 0.507 e. The fraction of sp³-hybridized carbons (Fsp3) is 0.632. The summed E-state index contributed by atoms with van der Waals surface area (Å²) in [5, 5.41) is 10.6. The standard InChI is InChI=1S/C19H30O2/c1-8-9-10-16(20)14-11-13(18(2,3)4)12-15(17(14)21)19(5,6)7/h11-12,21H,8-10H2,1-7H3. The van der Waals surface area contributed by atoms with Crippen LogP contribution < -0.4 is 0 Å². The highest BCUT2D eigenvalue weighted by molar-refractivity contribution is 5.99. The fourth-order valence-corrected chi connectivity index (χ4v) is 2.32. The number of rotatable bonds is 4. The zero-order valence-corrected chi connectivity index (χ0v) is 14.6. The Labute approximate surface area is 129 Å². The average Bonchev–Trinajstić information content (AvgIpc) is 2.33. The molecule has 0 saturated heterocycles. The van der Waals surface area contributed by atoms with Crippen LogP contribution in [-0.2, 0) is 10.8 Å². The van der Waals surface area contributed by atoms with Gasteiger partial charge in [-0.1, -0.05) is 61.0 Å². The van der Waals surface area contributed by atoms with Crippen LogP contribution in [0.1, 0.15) is 89.2 Å². The highest BCUT2D eigenvalue weighted by Gasteiger charge is 2.26. The SMILES string of the molecule is CCCCC(=O)c1cc(C(C)(C)C)cc(C(C)(C)C)c1O. The molecule has 2 nitrogen and oxygen atoms in total. The van der Waals surface area contributed by atoms with E-state index in [0.717, 1.165) is 24.0 Å². The molecule has 0 unspecified atom stereocenters. The molecule has 1 rings (SSSR count). The van der Waals surface area contributed by atoms with Gasteiger partial charge < -0.3 is 5.11 Å². The summed E-state index contributed by atoms with van der Waals surface area (Å²) in [7, 11) is 0. The Balaban J connectivity index is 3.45. The lowest BCUT2D eigenvalue weighted by molar-refractivity contribution is 0.0976. The second-order valence-electron chi connectivity index (χ2n) is 7.95. The van der Waals surface area contributed by atoms with E-state index in [1.54, 1.807) is 0 Å². The second kappa shape index (κ2) is 6.21. The van der Waals surface area contributed by atoms with E-state index >= 15 is 0 Å². The van der Waals surface area contributed by atoms with E-state index in [1.165, 1.54) is 0 Å². The molecular weight excluding hydrogens is 260 g/mol. The summed E-state index contributed by atoms with van der Waals surface area (Å²) in [5.41, 5.74) is 2.21. The number of unbranched alkanes of at least 4 members (excludes halogenated alkanes) is 1. The molecule has 0 aromatic heterocycles. The first kappa shape index (κ1) is 17.7. The lowest BCUT2D eigenvalue weighted by Gasteiger charge is -2.27. The van der Waals surface area contributed by atoms with Crippen LogP contribution in [0.2, 0.25) is 0 Å². The molecular formula is C19H30O2. The van der Waals surface area contributed by atoms with Crippen LogP contribution in [0.4, 0.5) is 0 Å². The number of hydrogen-bond acceptors (Lipinski definition) is 2. The Morgan fingerprint density at radius 1 is 1.05 bits per heavy atom. The zero-order valence-electron chi connectivity index (χ0n) is 14.6. The molecule has 0 fully saturated rings. The van der Waals surface area contributed by atoms with Crippen LogP contribution in [0.15, 0.2) is 12.1 Å². The number of Topliss-reactive ketones (excluding diaryl/α,β-unsaturated/α-hetero) is 1. The van der Waals surface area contributed by atoms with Crippen molar-refractivity contribution in [3.63, 3.8) is 0 Å². The van der Waals surface area contributed by atoms with Gasteiger partial charge in [0.15, 0.2) is 5.78 Å². The summed E-state index contributed by atoms with van der Waals surface area (Å²) in [5.74, 6) is 0.211. The van der Waals surface area contributed by atoms with Gasteiger partial charge in [0.25, 0.3) is 0 Å². The summed E-state index contributed by atoms with van der Waals surface area (Å²) in [6, 6.07) is 3.93. The zero-order chi connectivity index (χ0) is 16.4. The molecule has 21 heavy (non-hydrogen) atoms. The van der Waals surface area contributed by atoms with Crippen molar-refractivity contribution in [2.45, 2.75) is 78.6 Å². The Morgan fingerprint density at radius 2 is 1.62 bits per heavy atom. The van der Waals surface area contributed by atoms with Crippen LogP contribution in [0.25, 0.3) is 0 Å². The van der Waals surface area contributed by atoms with Crippen molar-refractivity contribution in [3.8, 4) is 5.75 Å². The van der Waals surface area contributed by atoms with Gasteiger partial charge in [-0.05, 0) is 28.9 Å². The van der Waals surface area contributed by atoms with Crippen LogP contribution in [0, 0.1) is 0 Å². The van der Waals surface area contributed by atoms with Crippen LogP contribution in [0.3, 0.4) is 0 Å². The maximum absolute atomic E-state index is 12.4. The van der Waals surface area contributed by atoms with E-state index in [9.17, 15) is 9.90 Å². The van der Waals surface area contributed by atoms with Gasteiger partial charge in [-0.3, -0.25) is 4.79 Å². The monoisotopic (exact) mass is 290 g/mol. The van der Waals surface area contributed by atoms with Gasteiger partial charge in [0.05, 0.1) is 5.56 Å². The quantitative estimate of drug-likeness (QED) is 0.758. The molecule has 0 atom stereocenters. The van der Waals surface area contributed by atoms with Gasteiger partial charge in [0.1, 0.15) is 5.75 Å². The van der Waals surface area contributed by atoms with Crippen molar-refractivity contribution in [2.75, 3.05) is 0 Å². The van der Waals surface area contributed by atoms with Crippen molar-refractivity contribution in [3.05, 3.63) is 28.8 Å². The lowest BCUT2D eigenvalue weighted by Crippen LogP contribution is -2.18. The third-order valence-corrected chi connectivity index (χ3v) is 3.84. The predicted molar refractivity (Wildman–Crippen MR) is 89.4 cm³/mol. The molecule has 1 aromatic carbocycles. The Kier molecular flexibility index (Phi) is 5.25. The summed E-state index contributed by atoms with van der Waals surface area (Å²) in [4.78, 5) is 12.4. The lowest BCUT2D eigenvalue weighted by atomic mass is 9.78. The summed E-state index contributed by atoms with van der Waals surface area (Å²) >= 11 is 0. The van der Waals surface area contributed by atoms with Crippen molar-refractivity contribution < 1.29 is 9.90 Å². The Hall–Kier alpha value is -1.31. The Morgan fingerprint density at radius 3 is 2.05 bits per heavy atom. The van der Waals surface area contributed by atoms with E-state index in [-0.39, 0.29) is 22.4 Å². The highest BCUT2D eigenvalue weighted by Crippen LogP contribution is 2.38. The Bertz CT molecular complexity index is 514. The van der Waals surface area contributed by atoms with E-state index in [1.807, 2.05) is 12.1 Å².